The first-order valence-corrected chi connectivity index (χ1v) is 9.00. The number of anilines is 1. The summed E-state index contributed by atoms with van der Waals surface area (Å²) in [6, 6.07) is 0. The van der Waals surface area contributed by atoms with Crippen LogP contribution in [0.3, 0.4) is 0 Å². The van der Waals surface area contributed by atoms with Crippen LogP contribution in [0.5, 0.6) is 0 Å². The van der Waals surface area contributed by atoms with E-state index in [1.165, 1.54) is 30.7 Å². The highest BCUT2D eigenvalue weighted by molar-refractivity contribution is 7.13. The number of fused-ring (bicyclic) bond motifs is 1. The summed E-state index contributed by atoms with van der Waals surface area (Å²) in [5.74, 6) is 1.60. The normalized spacial score (nSPS) is 18.5. The lowest BCUT2D eigenvalue weighted by Crippen LogP contribution is -2.28. The number of carbonyl (C=O) groups is 1. The van der Waals surface area contributed by atoms with Crippen LogP contribution in [-0.2, 0) is 12.8 Å². The average molecular weight is 332 g/mol. The fourth-order valence-corrected chi connectivity index (χ4v) is 3.60. The third kappa shape index (κ3) is 3.45. The molecule has 1 fully saturated rings. The number of nitrogens with one attached hydrogen (secondary N) is 1. The molecule has 1 aliphatic heterocycles. The number of nitrogens with zero attached hydrogens (tertiary/aromatic N) is 3. The summed E-state index contributed by atoms with van der Waals surface area (Å²) < 4.78 is 5.72. The van der Waals surface area contributed by atoms with Gasteiger partial charge in [-0.25, -0.2) is 9.97 Å². The van der Waals surface area contributed by atoms with Gasteiger partial charge in [0.25, 0.3) is 5.89 Å². The molecule has 0 atom stereocenters. The molecule has 7 heteroatoms. The molecule has 1 aliphatic carbocycles. The van der Waals surface area contributed by atoms with Crippen molar-refractivity contribution in [3.05, 3.63) is 28.4 Å². The van der Waals surface area contributed by atoms with E-state index in [2.05, 4.69) is 20.2 Å². The van der Waals surface area contributed by atoms with Gasteiger partial charge in [-0.2, -0.15) is 0 Å². The Morgan fingerprint density at radius 2 is 2.22 bits per heavy atom. The number of oxazole rings is 1. The lowest BCUT2D eigenvalue weighted by atomic mass is 10.2. The van der Waals surface area contributed by atoms with Gasteiger partial charge >= 0.3 is 5.91 Å². The van der Waals surface area contributed by atoms with E-state index in [9.17, 15) is 4.79 Å². The molecule has 2 aromatic rings. The number of aromatic nitrogens is 2. The summed E-state index contributed by atoms with van der Waals surface area (Å²) in [6.45, 7) is 5.09. The first kappa shape index (κ1) is 14.8. The highest BCUT2D eigenvalue weighted by Crippen LogP contribution is 2.30. The van der Waals surface area contributed by atoms with E-state index in [1.54, 1.807) is 0 Å². The second-order valence-electron chi connectivity index (χ2n) is 6.38. The van der Waals surface area contributed by atoms with Crippen molar-refractivity contribution in [1.29, 1.82) is 0 Å². The van der Waals surface area contributed by atoms with Gasteiger partial charge in [-0.1, -0.05) is 0 Å². The maximum Gasteiger partial charge on any atom is 0.313 e. The fraction of sp³-hybridized carbons (Fsp3) is 0.562. The van der Waals surface area contributed by atoms with E-state index < -0.39 is 0 Å². The SMILES string of the molecule is Cc1csc(NC(=O)c2nc3c(o2)CCN(CC2CC2)CC3)n1. The van der Waals surface area contributed by atoms with Crippen LogP contribution in [0.15, 0.2) is 9.80 Å². The molecule has 3 heterocycles. The number of hydrogen-bond acceptors (Lipinski definition) is 6. The summed E-state index contributed by atoms with van der Waals surface area (Å²) in [6.07, 6.45) is 4.44. The van der Waals surface area contributed by atoms with E-state index in [-0.39, 0.29) is 11.8 Å². The third-order valence-corrected chi connectivity index (χ3v) is 5.22. The Bertz CT molecular complexity index is 694. The molecule has 2 aromatic heterocycles. The summed E-state index contributed by atoms with van der Waals surface area (Å²) in [4.78, 5) is 23.4. The van der Waals surface area contributed by atoms with Crippen molar-refractivity contribution in [3.63, 3.8) is 0 Å². The Labute approximate surface area is 138 Å². The lowest BCUT2D eigenvalue weighted by Gasteiger charge is -2.18. The van der Waals surface area contributed by atoms with Gasteiger partial charge in [0, 0.05) is 37.9 Å². The van der Waals surface area contributed by atoms with E-state index >= 15 is 0 Å². The number of thiazole rings is 1. The number of aryl methyl sites for hydroxylation is 1. The van der Waals surface area contributed by atoms with Gasteiger partial charge in [0.2, 0.25) is 0 Å². The molecule has 122 valence electrons. The van der Waals surface area contributed by atoms with E-state index in [0.717, 1.165) is 49.0 Å². The van der Waals surface area contributed by atoms with E-state index in [4.69, 9.17) is 4.42 Å². The van der Waals surface area contributed by atoms with Crippen LogP contribution in [0.1, 0.15) is 40.7 Å². The fourth-order valence-electron chi connectivity index (χ4n) is 2.92. The van der Waals surface area contributed by atoms with Crippen molar-refractivity contribution in [1.82, 2.24) is 14.9 Å². The molecule has 0 saturated heterocycles. The summed E-state index contributed by atoms with van der Waals surface area (Å²) >= 11 is 1.40. The molecular formula is C16H20N4O2S. The Hall–Kier alpha value is -1.73. The summed E-state index contributed by atoms with van der Waals surface area (Å²) in [5.41, 5.74) is 1.83. The van der Waals surface area contributed by atoms with Crippen LogP contribution in [-0.4, -0.2) is 40.4 Å². The van der Waals surface area contributed by atoms with Gasteiger partial charge in [0.15, 0.2) is 5.13 Å². The lowest BCUT2D eigenvalue weighted by molar-refractivity contribution is 0.0988. The largest absolute Gasteiger partial charge is 0.437 e. The Kier molecular flexibility index (Phi) is 3.90. The van der Waals surface area contributed by atoms with Crippen molar-refractivity contribution >= 4 is 22.4 Å². The zero-order valence-corrected chi connectivity index (χ0v) is 14.0. The Morgan fingerprint density at radius 3 is 2.96 bits per heavy atom. The van der Waals surface area contributed by atoms with Gasteiger partial charge in [-0.3, -0.25) is 10.1 Å². The topological polar surface area (TPSA) is 71.3 Å². The molecule has 0 bridgehead atoms. The molecule has 6 nitrogen and oxygen atoms in total. The standard InChI is InChI=1S/C16H20N4O2S/c1-10-9-23-16(17-10)19-14(21)15-18-12-4-6-20(8-11-2-3-11)7-5-13(12)22-15/h9,11H,2-8H2,1H3,(H,17,19,21). The predicted octanol–water partition coefficient (Wildman–Crippen LogP) is 2.50. The zero-order chi connectivity index (χ0) is 15.8. The van der Waals surface area contributed by atoms with Gasteiger partial charge in [-0.05, 0) is 25.7 Å². The average Bonchev–Trinajstić information content (AvgIpc) is 3.16. The second kappa shape index (κ2) is 6.05. The van der Waals surface area contributed by atoms with Gasteiger partial charge in [0.05, 0.1) is 11.4 Å². The molecular weight excluding hydrogens is 312 g/mol. The smallest absolute Gasteiger partial charge is 0.313 e. The molecule has 4 rings (SSSR count). The molecule has 0 aromatic carbocycles. The molecule has 0 unspecified atom stereocenters. The molecule has 0 spiro atoms. The minimum Gasteiger partial charge on any atom is -0.437 e. The number of amides is 1. The molecule has 1 N–H and O–H groups in total. The van der Waals surface area contributed by atoms with Crippen molar-refractivity contribution in [2.24, 2.45) is 5.92 Å². The molecule has 23 heavy (non-hydrogen) atoms. The van der Waals surface area contributed by atoms with Crippen LogP contribution in [0.25, 0.3) is 0 Å². The third-order valence-electron chi connectivity index (χ3n) is 4.35. The van der Waals surface area contributed by atoms with Crippen molar-refractivity contribution in [2.45, 2.75) is 32.6 Å². The van der Waals surface area contributed by atoms with Crippen LogP contribution in [0.2, 0.25) is 0 Å². The first-order valence-electron chi connectivity index (χ1n) is 8.12. The van der Waals surface area contributed by atoms with Gasteiger partial charge in [-0.15, -0.1) is 11.3 Å². The van der Waals surface area contributed by atoms with E-state index in [0.29, 0.717) is 5.13 Å². The maximum absolute atomic E-state index is 12.2. The molecule has 1 amide bonds. The number of hydrogen-bond donors (Lipinski definition) is 1. The Morgan fingerprint density at radius 1 is 1.39 bits per heavy atom. The van der Waals surface area contributed by atoms with Crippen molar-refractivity contribution in [2.75, 3.05) is 25.0 Å². The zero-order valence-electron chi connectivity index (χ0n) is 13.2. The molecule has 2 aliphatic rings. The van der Waals surface area contributed by atoms with Crippen LogP contribution < -0.4 is 5.32 Å². The monoisotopic (exact) mass is 332 g/mol. The Balaban J connectivity index is 1.41. The van der Waals surface area contributed by atoms with Crippen molar-refractivity contribution < 1.29 is 9.21 Å². The highest BCUT2D eigenvalue weighted by Gasteiger charge is 2.27. The maximum atomic E-state index is 12.2. The number of carbonyl (C=O) groups excluding carboxylic acids is 1. The van der Waals surface area contributed by atoms with Gasteiger partial charge < -0.3 is 9.32 Å². The predicted molar refractivity (Wildman–Crippen MR) is 87.9 cm³/mol. The molecule has 1 saturated carbocycles. The quantitative estimate of drug-likeness (QED) is 0.931. The minimum absolute atomic E-state index is 0.151. The van der Waals surface area contributed by atoms with Crippen molar-refractivity contribution in [3.8, 4) is 0 Å². The highest BCUT2D eigenvalue weighted by atomic mass is 32.1. The van der Waals surface area contributed by atoms with E-state index in [1.807, 2.05) is 12.3 Å². The second-order valence-corrected chi connectivity index (χ2v) is 7.24. The summed E-state index contributed by atoms with van der Waals surface area (Å²) in [7, 11) is 0. The van der Waals surface area contributed by atoms with Crippen LogP contribution in [0.4, 0.5) is 5.13 Å². The van der Waals surface area contributed by atoms with Crippen LogP contribution >= 0.6 is 11.3 Å². The van der Waals surface area contributed by atoms with Gasteiger partial charge in [0.1, 0.15) is 5.76 Å². The summed E-state index contributed by atoms with van der Waals surface area (Å²) in [5, 5.41) is 5.23. The molecule has 0 radical (unpaired) electrons. The first-order chi connectivity index (χ1) is 11.2. The number of rotatable bonds is 4. The van der Waals surface area contributed by atoms with Crippen LogP contribution in [0, 0.1) is 12.8 Å². The minimum atomic E-state index is -0.317.